The van der Waals surface area contributed by atoms with Crippen molar-refractivity contribution in [2.45, 2.75) is 19.4 Å². The summed E-state index contributed by atoms with van der Waals surface area (Å²) in [6, 6.07) is 0. The van der Waals surface area contributed by atoms with Gasteiger partial charge in [0.15, 0.2) is 5.69 Å². The molecule has 10 nitrogen and oxygen atoms in total. The van der Waals surface area contributed by atoms with Crippen LogP contribution in [0.3, 0.4) is 0 Å². The van der Waals surface area contributed by atoms with Gasteiger partial charge in [-0.2, -0.15) is 11.8 Å². The average molecular weight is 416 g/mol. The maximum atomic E-state index is 11.3. The molecule has 1 saturated heterocycles. The van der Waals surface area contributed by atoms with Crippen LogP contribution in [0.15, 0.2) is 18.3 Å². The van der Waals surface area contributed by atoms with E-state index in [0.717, 1.165) is 11.5 Å². The molecule has 1 aliphatic rings. The first-order valence-electron chi connectivity index (χ1n) is 9.18. The molecule has 0 aromatic carbocycles. The standard InChI is InChI=1S/C17H29N5O5S/c1-14(2)16(23)18-3-7-26-9-10-27-8-4-22-13-15(19-20-22)17(24,25)21-5-11-28-12-6-21/h13,24-25H,1,3-12H2,2H3,(H,18,23). The molecule has 28 heavy (non-hydrogen) atoms. The predicted octanol–water partition coefficient (Wildman–Crippen LogP) is -0.853. The van der Waals surface area contributed by atoms with Crippen molar-refractivity contribution in [3.05, 3.63) is 24.0 Å². The molecule has 1 fully saturated rings. The van der Waals surface area contributed by atoms with E-state index >= 15 is 0 Å². The minimum Gasteiger partial charge on any atom is -0.377 e. The molecular formula is C17H29N5O5S. The summed E-state index contributed by atoms with van der Waals surface area (Å²) in [6.07, 6.45) is 1.52. The topological polar surface area (TPSA) is 122 Å². The number of aromatic nitrogens is 3. The zero-order valence-corrected chi connectivity index (χ0v) is 17.0. The molecule has 1 aromatic heterocycles. The van der Waals surface area contributed by atoms with Crippen LogP contribution in [0.1, 0.15) is 12.6 Å². The fraction of sp³-hybridized carbons (Fsp3) is 0.706. The van der Waals surface area contributed by atoms with Gasteiger partial charge in [0, 0.05) is 36.7 Å². The third kappa shape index (κ3) is 7.15. The summed E-state index contributed by atoms with van der Waals surface area (Å²) in [5.74, 6) is -0.575. The lowest BCUT2D eigenvalue weighted by Crippen LogP contribution is -2.50. The third-order valence-corrected chi connectivity index (χ3v) is 5.03. The summed E-state index contributed by atoms with van der Waals surface area (Å²) < 4.78 is 12.3. The lowest BCUT2D eigenvalue weighted by molar-refractivity contribution is -0.275. The summed E-state index contributed by atoms with van der Waals surface area (Å²) in [5.41, 5.74) is 0.578. The number of carbonyl (C=O) groups excluding carboxylic acids is 1. The molecule has 1 aromatic rings. The van der Waals surface area contributed by atoms with E-state index in [9.17, 15) is 15.0 Å². The highest BCUT2D eigenvalue weighted by atomic mass is 32.2. The molecule has 1 amide bonds. The number of hydrogen-bond acceptors (Lipinski definition) is 9. The highest BCUT2D eigenvalue weighted by Crippen LogP contribution is 2.24. The SMILES string of the molecule is C=C(C)C(=O)NCCOCCOCCn1cc(C(O)(O)N2CCSCC2)nn1. The Kier molecular flexibility index (Phi) is 9.35. The van der Waals surface area contributed by atoms with Crippen LogP contribution in [0.5, 0.6) is 0 Å². The van der Waals surface area contributed by atoms with E-state index in [4.69, 9.17) is 9.47 Å². The van der Waals surface area contributed by atoms with E-state index in [1.807, 2.05) is 0 Å². The number of thioether (sulfide) groups is 1. The highest BCUT2D eigenvalue weighted by molar-refractivity contribution is 7.99. The van der Waals surface area contributed by atoms with E-state index in [0.29, 0.717) is 58.2 Å². The van der Waals surface area contributed by atoms with Gasteiger partial charge in [-0.1, -0.05) is 11.8 Å². The minimum atomic E-state index is -2.10. The summed E-state index contributed by atoms with van der Waals surface area (Å²) in [4.78, 5) is 12.9. The number of rotatable bonds is 12. The number of ether oxygens (including phenoxy) is 2. The van der Waals surface area contributed by atoms with Gasteiger partial charge < -0.3 is 25.0 Å². The maximum absolute atomic E-state index is 11.3. The molecule has 0 bridgehead atoms. The maximum Gasteiger partial charge on any atom is 0.274 e. The van der Waals surface area contributed by atoms with E-state index < -0.39 is 5.91 Å². The van der Waals surface area contributed by atoms with Crippen LogP contribution in [-0.2, 0) is 26.7 Å². The van der Waals surface area contributed by atoms with E-state index in [1.54, 1.807) is 23.6 Å². The Balaban J connectivity index is 1.58. The largest absolute Gasteiger partial charge is 0.377 e. The average Bonchev–Trinajstić information content (AvgIpc) is 3.17. The number of aliphatic hydroxyl groups is 2. The Bertz CT molecular complexity index is 633. The molecule has 2 rings (SSSR count). The lowest BCUT2D eigenvalue weighted by atomic mass is 10.3. The molecule has 0 aliphatic carbocycles. The fourth-order valence-electron chi connectivity index (χ4n) is 2.47. The van der Waals surface area contributed by atoms with Gasteiger partial charge in [-0.05, 0) is 6.92 Å². The molecule has 1 aliphatic heterocycles. The number of amides is 1. The van der Waals surface area contributed by atoms with E-state index in [2.05, 4.69) is 22.2 Å². The molecule has 3 N–H and O–H groups in total. The lowest BCUT2D eigenvalue weighted by Gasteiger charge is -2.35. The Morgan fingerprint density at radius 1 is 1.29 bits per heavy atom. The number of nitrogens with one attached hydrogen (secondary N) is 1. The van der Waals surface area contributed by atoms with Gasteiger partial charge in [-0.25, -0.2) is 9.58 Å². The van der Waals surface area contributed by atoms with Crippen molar-refractivity contribution in [1.82, 2.24) is 25.2 Å². The second-order valence-electron chi connectivity index (χ2n) is 6.36. The van der Waals surface area contributed by atoms with Crippen LogP contribution < -0.4 is 5.32 Å². The van der Waals surface area contributed by atoms with Crippen molar-refractivity contribution < 1.29 is 24.5 Å². The first kappa shape index (κ1) is 22.8. The van der Waals surface area contributed by atoms with Gasteiger partial charge in [0.1, 0.15) is 0 Å². The molecule has 0 unspecified atom stereocenters. The van der Waals surface area contributed by atoms with Crippen LogP contribution in [0, 0.1) is 0 Å². The summed E-state index contributed by atoms with van der Waals surface area (Å²) in [7, 11) is 0. The first-order chi connectivity index (χ1) is 13.4. The molecular weight excluding hydrogens is 386 g/mol. The fourth-order valence-corrected chi connectivity index (χ4v) is 3.37. The van der Waals surface area contributed by atoms with Gasteiger partial charge in [-0.15, -0.1) is 5.10 Å². The van der Waals surface area contributed by atoms with Crippen LogP contribution in [0.25, 0.3) is 0 Å². The Morgan fingerprint density at radius 2 is 1.96 bits per heavy atom. The van der Waals surface area contributed by atoms with Gasteiger partial charge in [0.25, 0.3) is 5.91 Å². The van der Waals surface area contributed by atoms with Crippen molar-refractivity contribution in [2.24, 2.45) is 0 Å². The van der Waals surface area contributed by atoms with Crippen molar-refractivity contribution in [3.63, 3.8) is 0 Å². The van der Waals surface area contributed by atoms with Gasteiger partial charge in [-0.3, -0.25) is 4.79 Å². The molecule has 2 heterocycles. The molecule has 0 saturated carbocycles. The van der Waals surface area contributed by atoms with Gasteiger partial charge >= 0.3 is 0 Å². The molecule has 0 radical (unpaired) electrons. The molecule has 11 heteroatoms. The van der Waals surface area contributed by atoms with Gasteiger partial charge in [0.2, 0.25) is 5.91 Å². The predicted molar refractivity (Wildman–Crippen MR) is 104 cm³/mol. The smallest absolute Gasteiger partial charge is 0.274 e. The Labute approximate surface area is 168 Å². The van der Waals surface area contributed by atoms with Gasteiger partial charge in [0.05, 0.1) is 39.2 Å². The zero-order chi connectivity index (χ0) is 20.4. The summed E-state index contributed by atoms with van der Waals surface area (Å²) >= 11 is 1.79. The quantitative estimate of drug-likeness (QED) is 0.228. The number of hydrogen-bond donors (Lipinski definition) is 3. The first-order valence-corrected chi connectivity index (χ1v) is 10.3. The van der Waals surface area contributed by atoms with E-state index in [1.165, 1.54) is 10.9 Å². The monoisotopic (exact) mass is 415 g/mol. The van der Waals surface area contributed by atoms with Crippen molar-refractivity contribution in [3.8, 4) is 0 Å². The minimum absolute atomic E-state index is 0.111. The molecule has 0 atom stereocenters. The molecule has 0 spiro atoms. The van der Waals surface area contributed by atoms with Crippen LogP contribution in [0.4, 0.5) is 0 Å². The van der Waals surface area contributed by atoms with Crippen LogP contribution in [-0.4, -0.2) is 93.6 Å². The Morgan fingerprint density at radius 3 is 2.64 bits per heavy atom. The third-order valence-electron chi connectivity index (χ3n) is 4.09. The second-order valence-corrected chi connectivity index (χ2v) is 7.59. The number of carbonyl (C=O) groups is 1. The van der Waals surface area contributed by atoms with E-state index in [-0.39, 0.29) is 11.6 Å². The molecule has 158 valence electrons. The summed E-state index contributed by atoms with van der Waals surface area (Å²) in [5, 5.41) is 31.2. The zero-order valence-electron chi connectivity index (χ0n) is 16.2. The second kappa shape index (κ2) is 11.5. The number of nitrogens with zero attached hydrogens (tertiary/aromatic N) is 4. The Hall–Kier alpha value is -1.50. The van der Waals surface area contributed by atoms with Crippen molar-refractivity contribution in [1.29, 1.82) is 0 Å². The van der Waals surface area contributed by atoms with Crippen LogP contribution in [0.2, 0.25) is 0 Å². The van der Waals surface area contributed by atoms with Crippen molar-refractivity contribution in [2.75, 3.05) is 57.6 Å². The van der Waals surface area contributed by atoms with Crippen LogP contribution >= 0.6 is 11.8 Å². The highest BCUT2D eigenvalue weighted by Gasteiger charge is 2.37. The van der Waals surface area contributed by atoms with Crippen molar-refractivity contribution >= 4 is 17.7 Å². The normalized spacial score (nSPS) is 15.5. The summed E-state index contributed by atoms with van der Waals surface area (Å²) in [6.45, 7) is 8.85.